The zero-order valence-corrected chi connectivity index (χ0v) is 12.2. The van der Waals surface area contributed by atoms with E-state index in [0.29, 0.717) is 0 Å². The first kappa shape index (κ1) is 14.6. The summed E-state index contributed by atoms with van der Waals surface area (Å²) in [7, 11) is 0. The summed E-state index contributed by atoms with van der Waals surface area (Å²) in [5.74, 6) is 0.885. The van der Waals surface area contributed by atoms with Gasteiger partial charge in [0, 0.05) is 17.6 Å². The Balaban J connectivity index is 1.85. The molecule has 1 aromatic carbocycles. The van der Waals surface area contributed by atoms with Gasteiger partial charge in [-0.1, -0.05) is 39.0 Å². The van der Waals surface area contributed by atoms with E-state index in [9.17, 15) is 0 Å². The first-order valence-electron chi connectivity index (χ1n) is 7.55. The van der Waals surface area contributed by atoms with Gasteiger partial charge in [0.1, 0.15) is 12.1 Å². The largest absolute Gasteiger partial charge is 0.399 e. The lowest BCUT2D eigenvalue weighted by molar-refractivity contribution is 0.617. The molecule has 0 radical (unpaired) electrons. The van der Waals surface area contributed by atoms with Crippen LogP contribution in [0, 0.1) is 0 Å². The summed E-state index contributed by atoms with van der Waals surface area (Å²) in [5.41, 5.74) is 7.51. The van der Waals surface area contributed by atoms with Gasteiger partial charge in [0.15, 0.2) is 0 Å². The maximum atomic E-state index is 5.83. The van der Waals surface area contributed by atoms with Gasteiger partial charge in [-0.15, -0.1) is 0 Å². The molecule has 2 aromatic rings. The van der Waals surface area contributed by atoms with Gasteiger partial charge in [0.25, 0.3) is 0 Å². The van der Waals surface area contributed by atoms with E-state index < -0.39 is 0 Å². The number of aromatic nitrogens is 2. The molecule has 0 unspecified atom stereocenters. The summed E-state index contributed by atoms with van der Waals surface area (Å²) in [5, 5.41) is 4.40. The highest BCUT2D eigenvalue weighted by molar-refractivity contribution is 5.91. The number of benzene rings is 1. The van der Waals surface area contributed by atoms with Crippen LogP contribution in [0.2, 0.25) is 0 Å². The van der Waals surface area contributed by atoms with Crippen LogP contribution in [-0.2, 0) is 0 Å². The van der Waals surface area contributed by atoms with Gasteiger partial charge in [-0.2, -0.15) is 0 Å². The second-order valence-corrected chi connectivity index (χ2v) is 5.19. The summed E-state index contributed by atoms with van der Waals surface area (Å²) in [6.07, 6.45) is 9.38. The first-order chi connectivity index (χ1) is 9.81. The lowest BCUT2D eigenvalue weighted by Gasteiger charge is -2.08. The number of anilines is 2. The summed E-state index contributed by atoms with van der Waals surface area (Å²) in [6.45, 7) is 3.19. The fourth-order valence-corrected chi connectivity index (χ4v) is 2.33. The number of hydrogen-bond donors (Lipinski definition) is 2. The average Bonchev–Trinajstić information content (AvgIpc) is 2.46. The van der Waals surface area contributed by atoms with Crippen molar-refractivity contribution >= 4 is 22.4 Å². The van der Waals surface area contributed by atoms with Crippen LogP contribution >= 0.6 is 0 Å². The van der Waals surface area contributed by atoms with Crippen LogP contribution in [-0.4, -0.2) is 16.5 Å². The van der Waals surface area contributed by atoms with Crippen LogP contribution in [0.5, 0.6) is 0 Å². The van der Waals surface area contributed by atoms with Gasteiger partial charge in [0.2, 0.25) is 0 Å². The molecule has 4 nitrogen and oxygen atoms in total. The van der Waals surface area contributed by atoms with Gasteiger partial charge < -0.3 is 11.1 Å². The number of nitrogen functional groups attached to an aromatic ring is 1. The first-order valence-corrected chi connectivity index (χ1v) is 7.55. The summed E-state index contributed by atoms with van der Waals surface area (Å²) in [6, 6.07) is 5.73. The van der Waals surface area contributed by atoms with Crippen molar-refractivity contribution in [3.8, 4) is 0 Å². The third kappa shape index (κ3) is 4.08. The van der Waals surface area contributed by atoms with Crippen molar-refractivity contribution < 1.29 is 0 Å². The maximum absolute atomic E-state index is 5.83. The smallest absolute Gasteiger partial charge is 0.137 e. The highest BCUT2D eigenvalue weighted by Crippen LogP contribution is 2.21. The molecule has 108 valence electrons. The van der Waals surface area contributed by atoms with Crippen molar-refractivity contribution in [3.63, 3.8) is 0 Å². The third-order valence-corrected chi connectivity index (χ3v) is 3.48. The minimum absolute atomic E-state index is 0.745. The number of rotatable bonds is 8. The molecular formula is C16H24N4. The average molecular weight is 272 g/mol. The highest BCUT2D eigenvalue weighted by atomic mass is 15.0. The molecule has 0 aliphatic heterocycles. The Labute approximate surface area is 120 Å². The van der Waals surface area contributed by atoms with E-state index in [0.717, 1.165) is 29.0 Å². The van der Waals surface area contributed by atoms with Gasteiger partial charge in [-0.05, 0) is 24.6 Å². The van der Waals surface area contributed by atoms with Gasteiger partial charge in [-0.25, -0.2) is 9.97 Å². The fourth-order valence-electron chi connectivity index (χ4n) is 2.33. The minimum Gasteiger partial charge on any atom is -0.399 e. The second kappa shape index (κ2) is 7.68. The van der Waals surface area contributed by atoms with E-state index >= 15 is 0 Å². The Hall–Kier alpha value is -1.84. The fraction of sp³-hybridized carbons (Fsp3) is 0.500. The number of nitrogens with one attached hydrogen (secondary N) is 1. The third-order valence-electron chi connectivity index (χ3n) is 3.48. The van der Waals surface area contributed by atoms with E-state index in [2.05, 4.69) is 22.2 Å². The molecule has 1 aromatic heterocycles. The number of fused-ring (bicyclic) bond motifs is 1. The van der Waals surface area contributed by atoms with Gasteiger partial charge in [0.05, 0.1) is 5.52 Å². The molecule has 0 spiro atoms. The molecule has 3 N–H and O–H groups in total. The molecule has 0 bridgehead atoms. The molecule has 0 aliphatic rings. The Morgan fingerprint density at radius 2 is 1.85 bits per heavy atom. The highest BCUT2D eigenvalue weighted by Gasteiger charge is 2.03. The Kier molecular flexibility index (Phi) is 5.59. The molecule has 0 saturated carbocycles. The van der Waals surface area contributed by atoms with E-state index in [-0.39, 0.29) is 0 Å². The molecule has 1 heterocycles. The minimum atomic E-state index is 0.745. The van der Waals surface area contributed by atoms with Crippen molar-refractivity contribution in [2.24, 2.45) is 0 Å². The molecule has 0 fully saturated rings. The topological polar surface area (TPSA) is 63.8 Å². The SMILES string of the molecule is CCCCCCCCNc1ncnc2ccc(N)cc12. The second-order valence-electron chi connectivity index (χ2n) is 5.19. The zero-order valence-electron chi connectivity index (χ0n) is 12.2. The normalized spacial score (nSPS) is 10.8. The Bertz CT molecular complexity index is 539. The lowest BCUT2D eigenvalue weighted by atomic mass is 10.1. The number of hydrogen-bond acceptors (Lipinski definition) is 4. The molecule has 0 aliphatic carbocycles. The molecular weight excluding hydrogens is 248 g/mol. The van der Waals surface area contributed by atoms with Crippen LogP contribution in [0.25, 0.3) is 10.9 Å². The predicted octanol–water partition coefficient (Wildman–Crippen LogP) is 3.98. The van der Waals surface area contributed by atoms with Crippen molar-refractivity contribution in [2.75, 3.05) is 17.6 Å². The van der Waals surface area contributed by atoms with Crippen molar-refractivity contribution in [2.45, 2.75) is 45.4 Å². The molecule has 4 heteroatoms. The van der Waals surface area contributed by atoms with E-state index in [1.807, 2.05) is 18.2 Å². The summed E-state index contributed by atoms with van der Waals surface area (Å²) < 4.78 is 0. The van der Waals surface area contributed by atoms with Crippen LogP contribution in [0.1, 0.15) is 45.4 Å². The van der Waals surface area contributed by atoms with E-state index in [1.54, 1.807) is 6.33 Å². The lowest BCUT2D eigenvalue weighted by Crippen LogP contribution is -2.04. The molecule has 0 atom stereocenters. The predicted molar refractivity (Wildman–Crippen MR) is 85.8 cm³/mol. The number of nitrogens with zero attached hydrogens (tertiary/aromatic N) is 2. The van der Waals surface area contributed by atoms with Crippen LogP contribution < -0.4 is 11.1 Å². The molecule has 0 saturated heterocycles. The Morgan fingerprint density at radius 3 is 2.70 bits per heavy atom. The van der Waals surface area contributed by atoms with Crippen LogP contribution in [0.3, 0.4) is 0 Å². The monoisotopic (exact) mass is 272 g/mol. The van der Waals surface area contributed by atoms with E-state index in [1.165, 1.54) is 38.5 Å². The van der Waals surface area contributed by atoms with Crippen molar-refractivity contribution in [3.05, 3.63) is 24.5 Å². The zero-order chi connectivity index (χ0) is 14.2. The number of nitrogens with two attached hydrogens (primary N) is 1. The quantitative estimate of drug-likeness (QED) is 0.563. The summed E-state index contributed by atoms with van der Waals surface area (Å²) in [4.78, 5) is 8.57. The van der Waals surface area contributed by atoms with Gasteiger partial charge >= 0.3 is 0 Å². The van der Waals surface area contributed by atoms with Crippen LogP contribution in [0.4, 0.5) is 11.5 Å². The van der Waals surface area contributed by atoms with Crippen molar-refractivity contribution in [1.29, 1.82) is 0 Å². The molecule has 2 rings (SSSR count). The Morgan fingerprint density at radius 1 is 1.05 bits per heavy atom. The van der Waals surface area contributed by atoms with Gasteiger partial charge in [-0.3, -0.25) is 0 Å². The standard InChI is InChI=1S/C16H24N4/c1-2-3-4-5-6-7-10-18-16-14-11-13(17)8-9-15(14)19-12-20-16/h8-9,11-12H,2-7,10,17H2,1H3,(H,18,19,20). The van der Waals surface area contributed by atoms with Crippen molar-refractivity contribution in [1.82, 2.24) is 9.97 Å². The molecule has 20 heavy (non-hydrogen) atoms. The summed E-state index contributed by atoms with van der Waals surface area (Å²) >= 11 is 0. The number of unbranched alkanes of at least 4 members (excludes halogenated alkanes) is 5. The van der Waals surface area contributed by atoms with E-state index in [4.69, 9.17) is 5.73 Å². The van der Waals surface area contributed by atoms with Crippen LogP contribution in [0.15, 0.2) is 24.5 Å². The maximum Gasteiger partial charge on any atom is 0.137 e. The molecule has 0 amide bonds.